The van der Waals surface area contributed by atoms with Gasteiger partial charge >= 0.3 is 0 Å². The van der Waals surface area contributed by atoms with Gasteiger partial charge in [0.05, 0.1) is 18.1 Å². The highest BCUT2D eigenvalue weighted by molar-refractivity contribution is 5.86. The molecule has 1 amide bonds. The Morgan fingerprint density at radius 2 is 1.93 bits per heavy atom. The summed E-state index contributed by atoms with van der Waals surface area (Å²) in [6, 6.07) is 6.30. The molecule has 8 heteroatoms. The number of benzene rings is 1. The van der Waals surface area contributed by atoms with Gasteiger partial charge in [-0.05, 0) is 17.7 Å². The van der Waals surface area contributed by atoms with Gasteiger partial charge in [0.15, 0.2) is 5.65 Å². The van der Waals surface area contributed by atoms with Crippen molar-refractivity contribution in [3.63, 3.8) is 0 Å². The molecule has 27 heavy (non-hydrogen) atoms. The average molecular weight is 370 g/mol. The fourth-order valence-corrected chi connectivity index (χ4v) is 2.53. The van der Waals surface area contributed by atoms with Crippen LogP contribution < -0.4 is 10.6 Å². The number of halogens is 1. The van der Waals surface area contributed by atoms with Crippen LogP contribution in [0.1, 0.15) is 26.3 Å². The van der Waals surface area contributed by atoms with Crippen LogP contribution in [-0.4, -0.2) is 32.2 Å². The van der Waals surface area contributed by atoms with Crippen molar-refractivity contribution in [3.8, 4) is 0 Å². The maximum absolute atomic E-state index is 13.0. The van der Waals surface area contributed by atoms with E-state index in [-0.39, 0.29) is 11.7 Å². The molecule has 3 rings (SSSR count). The van der Waals surface area contributed by atoms with Gasteiger partial charge in [0.1, 0.15) is 18.0 Å². The average Bonchev–Trinajstić information content (AvgIpc) is 3.04. The first-order chi connectivity index (χ1) is 12.8. The van der Waals surface area contributed by atoms with Gasteiger partial charge in [-0.2, -0.15) is 5.10 Å². The van der Waals surface area contributed by atoms with Crippen LogP contribution >= 0.6 is 0 Å². The minimum Gasteiger partial charge on any atom is -0.365 e. The number of hydrogen-bond acceptors (Lipinski definition) is 5. The van der Waals surface area contributed by atoms with Gasteiger partial charge in [-0.3, -0.25) is 4.79 Å². The van der Waals surface area contributed by atoms with Gasteiger partial charge in [-0.15, -0.1) is 0 Å². The van der Waals surface area contributed by atoms with Crippen LogP contribution in [0.3, 0.4) is 0 Å². The molecular formula is C19H23FN6O. The summed E-state index contributed by atoms with van der Waals surface area (Å²) in [6.45, 7) is 7.11. The lowest BCUT2D eigenvalue weighted by Crippen LogP contribution is -2.36. The first-order valence-electron chi connectivity index (χ1n) is 8.78. The Kier molecular flexibility index (Phi) is 5.34. The zero-order valence-corrected chi connectivity index (χ0v) is 15.7. The first-order valence-corrected chi connectivity index (χ1v) is 8.78. The van der Waals surface area contributed by atoms with Gasteiger partial charge in [0.25, 0.3) is 0 Å². The molecule has 0 atom stereocenters. The second-order valence-electron chi connectivity index (χ2n) is 7.31. The Labute approximate surface area is 157 Å². The summed E-state index contributed by atoms with van der Waals surface area (Å²) in [7, 11) is 0. The lowest BCUT2D eigenvalue weighted by Gasteiger charge is -2.17. The fraction of sp³-hybridized carbons (Fsp3) is 0.368. The molecule has 0 aliphatic heterocycles. The van der Waals surface area contributed by atoms with Crippen molar-refractivity contribution in [1.29, 1.82) is 0 Å². The van der Waals surface area contributed by atoms with E-state index in [2.05, 4.69) is 25.7 Å². The summed E-state index contributed by atoms with van der Waals surface area (Å²) in [6.07, 6.45) is 3.18. The Bertz CT molecular complexity index is 930. The van der Waals surface area contributed by atoms with E-state index in [1.165, 1.54) is 18.5 Å². The maximum Gasteiger partial charge on any atom is 0.225 e. The summed E-state index contributed by atoms with van der Waals surface area (Å²) in [5, 5.41) is 11.3. The van der Waals surface area contributed by atoms with Crippen LogP contribution in [-0.2, 0) is 17.9 Å². The number of hydrogen-bond donors (Lipinski definition) is 2. The third-order valence-electron chi connectivity index (χ3n) is 4.10. The highest BCUT2D eigenvalue weighted by Gasteiger charge is 2.20. The molecule has 2 aromatic heterocycles. The smallest absolute Gasteiger partial charge is 0.225 e. The van der Waals surface area contributed by atoms with Crippen LogP contribution in [0, 0.1) is 11.2 Å². The summed E-state index contributed by atoms with van der Waals surface area (Å²) >= 11 is 0. The third-order valence-corrected chi connectivity index (χ3v) is 4.10. The molecular weight excluding hydrogens is 347 g/mol. The Morgan fingerprint density at radius 1 is 1.19 bits per heavy atom. The lowest BCUT2D eigenvalue weighted by atomic mass is 9.96. The number of carbonyl (C=O) groups excluding carboxylic acids is 1. The number of nitrogens with zero attached hydrogens (tertiary/aromatic N) is 4. The van der Waals surface area contributed by atoms with Gasteiger partial charge < -0.3 is 10.6 Å². The standard InChI is InChI=1S/C19H23FN6O/c1-19(2,3)18(27)21-8-9-26-17-15(11-25-26)16(23-12-24-17)22-10-13-4-6-14(20)7-5-13/h4-7,11-12H,8-10H2,1-3H3,(H,21,27)(H,22,23,24). The fourth-order valence-electron chi connectivity index (χ4n) is 2.53. The zero-order chi connectivity index (χ0) is 19.4. The molecule has 0 aliphatic carbocycles. The quantitative estimate of drug-likeness (QED) is 0.697. The molecule has 1 aromatic carbocycles. The number of fused-ring (bicyclic) bond motifs is 1. The van der Waals surface area contributed by atoms with Crippen molar-refractivity contribution < 1.29 is 9.18 Å². The zero-order valence-electron chi connectivity index (χ0n) is 15.7. The van der Waals surface area contributed by atoms with E-state index in [1.807, 2.05) is 20.8 Å². The van der Waals surface area contributed by atoms with Gasteiger partial charge in [-0.1, -0.05) is 32.9 Å². The molecule has 0 radical (unpaired) electrons. The SMILES string of the molecule is CC(C)(C)C(=O)NCCn1ncc2c(NCc3ccc(F)cc3)ncnc21. The number of aromatic nitrogens is 4. The maximum atomic E-state index is 13.0. The van der Waals surface area contributed by atoms with Crippen LogP contribution in [0.4, 0.5) is 10.2 Å². The Hall–Kier alpha value is -3.03. The second-order valence-corrected chi connectivity index (χ2v) is 7.31. The van der Waals surface area contributed by atoms with Crippen molar-refractivity contribution in [2.45, 2.75) is 33.9 Å². The summed E-state index contributed by atoms with van der Waals surface area (Å²) in [5.74, 6) is 0.396. The molecule has 2 heterocycles. The molecule has 142 valence electrons. The number of amides is 1. The minimum atomic E-state index is -0.425. The van der Waals surface area contributed by atoms with E-state index >= 15 is 0 Å². The highest BCUT2D eigenvalue weighted by atomic mass is 19.1. The molecule has 0 aliphatic rings. The molecule has 2 N–H and O–H groups in total. The van der Waals surface area contributed by atoms with Gasteiger partial charge in [-0.25, -0.2) is 19.0 Å². The number of rotatable bonds is 6. The van der Waals surface area contributed by atoms with E-state index in [1.54, 1.807) is 23.0 Å². The van der Waals surface area contributed by atoms with Gasteiger partial charge in [0, 0.05) is 18.5 Å². The van der Waals surface area contributed by atoms with E-state index in [0.717, 1.165) is 10.9 Å². The monoisotopic (exact) mass is 370 g/mol. The largest absolute Gasteiger partial charge is 0.365 e. The van der Waals surface area contributed by atoms with E-state index in [9.17, 15) is 9.18 Å². The number of anilines is 1. The summed E-state index contributed by atoms with van der Waals surface area (Å²) < 4.78 is 14.7. The van der Waals surface area contributed by atoms with E-state index < -0.39 is 5.41 Å². The second kappa shape index (κ2) is 7.69. The molecule has 0 saturated carbocycles. The van der Waals surface area contributed by atoms with E-state index in [4.69, 9.17) is 0 Å². The van der Waals surface area contributed by atoms with Crippen molar-refractivity contribution in [3.05, 3.63) is 48.2 Å². The van der Waals surface area contributed by atoms with E-state index in [0.29, 0.717) is 31.1 Å². The van der Waals surface area contributed by atoms with Crippen LogP contribution in [0.25, 0.3) is 11.0 Å². The number of nitrogens with one attached hydrogen (secondary N) is 2. The molecule has 0 unspecified atom stereocenters. The lowest BCUT2D eigenvalue weighted by molar-refractivity contribution is -0.128. The number of carbonyl (C=O) groups is 1. The predicted molar refractivity (Wildman–Crippen MR) is 102 cm³/mol. The van der Waals surface area contributed by atoms with Gasteiger partial charge in [0.2, 0.25) is 5.91 Å². The van der Waals surface area contributed by atoms with Crippen molar-refractivity contribution in [2.75, 3.05) is 11.9 Å². The molecule has 0 fully saturated rings. The molecule has 3 aromatic rings. The van der Waals surface area contributed by atoms with Crippen LogP contribution in [0.15, 0.2) is 36.8 Å². The van der Waals surface area contributed by atoms with Crippen molar-refractivity contribution >= 4 is 22.8 Å². The summed E-state index contributed by atoms with van der Waals surface area (Å²) in [4.78, 5) is 20.5. The topological polar surface area (TPSA) is 84.7 Å². The molecule has 7 nitrogen and oxygen atoms in total. The molecule has 0 saturated heterocycles. The highest BCUT2D eigenvalue weighted by Crippen LogP contribution is 2.19. The van der Waals surface area contributed by atoms with Crippen molar-refractivity contribution in [2.24, 2.45) is 5.41 Å². The van der Waals surface area contributed by atoms with Crippen LogP contribution in [0.5, 0.6) is 0 Å². The van der Waals surface area contributed by atoms with Crippen molar-refractivity contribution in [1.82, 2.24) is 25.1 Å². The normalized spacial score (nSPS) is 11.6. The first kappa shape index (κ1) is 18.8. The third kappa shape index (κ3) is 4.58. The van der Waals surface area contributed by atoms with Crippen LogP contribution in [0.2, 0.25) is 0 Å². The molecule has 0 spiro atoms. The summed E-state index contributed by atoms with van der Waals surface area (Å²) in [5.41, 5.74) is 1.21. The molecule has 0 bridgehead atoms. The Balaban J connectivity index is 1.67. The Morgan fingerprint density at radius 3 is 2.63 bits per heavy atom. The predicted octanol–water partition coefficient (Wildman–Crippen LogP) is 2.74. The minimum absolute atomic E-state index is 0.00441.